The third kappa shape index (κ3) is 3.66. The molecule has 6 nitrogen and oxygen atoms in total. The summed E-state index contributed by atoms with van der Waals surface area (Å²) in [5, 5.41) is 3.22. The second-order valence-corrected chi connectivity index (χ2v) is 5.99. The number of rotatable bonds is 4. The van der Waals surface area contributed by atoms with Crippen molar-refractivity contribution < 1.29 is 14.3 Å². The Kier molecular flexibility index (Phi) is 4.97. The van der Waals surface area contributed by atoms with Crippen LogP contribution < -0.4 is 20.3 Å². The topological polar surface area (TPSA) is 80.4 Å². The molecule has 8 heteroatoms. The normalized spacial score (nSPS) is 12.8. The Bertz CT molecular complexity index is 835. The monoisotopic (exact) mass is 368 g/mol. The minimum absolute atomic E-state index is 0.0266. The minimum Gasteiger partial charge on any atom is -0.486 e. The van der Waals surface area contributed by atoms with E-state index < -0.39 is 5.56 Å². The highest BCUT2D eigenvalue weighted by Gasteiger charge is 2.16. The van der Waals surface area contributed by atoms with Gasteiger partial charge in [0.25, 0.3) is 11.5 Å². The van der Waals surface area contributed by atoms with Crippen molar-refractivity contribution >= 4 is 29.1 Å². The van der Waals surface area contributed by atoms with Gasteiger partial charge in [-0.2, -0.15) is 0 Å². The Labute approximate surface area is 147 Å². The summed E-state index contributed by atoms with van der Waals surface area (Å²) in [7, 11) is 0. The standard InChI is InChI=1S/C16H14Cl2N2O4/c17-11-5-9(6-13-14(11)24-4-3-23-13)1-2-19-15(21)10-7-12(18)16(22)20-8-10/h5-8H,1-4H2,(H,19,21)(H,20,22). The van der Waals surface area contributed by atoms with E-state index in [2.05, 4.69) is 10.3 Å². The van der Waals surface area contributed by atoms with Crippen molar-refractivity contribution in [2.24, 2.45) is 0 Å². The van der Waals surface area contributed by atoms with Crippen molar-refractivity contribution in [2.45, 2.75) is 6.42 Å². The number of aromatic amines is 1. The largest absolute Gasteiger partial charge is 0.486 e. The summed E-state index contributed by atoms with van der Waals surface area (Å²) in [5.74, 6) is 0.845. The zero-order valence-electron chi connectivity index (χ0n) is 12.5. The molecule has 0 unspecified atom stereocenters. The average molecular weight is 369 g/mol. The molecule has 0 atom stereocenters. The molecule has 2 N–H and O–H groups in total. The fourth-order valence-electron chi connectivity index (χ4n) is 2.32. The summed E-state index contributed by atoms with van der Waals surface area (Å²) in [4.78, 5) is 25.6. The van der Waals surface area contributed by atoms with E-state index in [9.17, 15) is 9.59 Å². The van der Waals surface area contributed by atoms with E-state index >= 15 is 0 Å². The number of H-pyrrole nitrogens is 1. The zero-order chi connectivity index (χ0) is 17.1. The maximum absolute atomic E-state index is 12.0. The van der Waals surface area contributed by atoms with Crippen LogP contribution in [0.5, 0.6) is 11.5 Å². The Morgan fingerprint density at radius 3 is 2.75 bits per heavy atom. The lowest BCUT2D eigenvalue weighted by Crippen LogP contribution is -2.26. The number of aromatic nitrogens is 1. The average Bonchev–Trinajstić information content (AvgIpc) is 2.57. The fourth-order valence-corrected chi connectivity index (χ4v) is 2.78. The summed E-state index contributed by atoms with van der Waals surface area (Å²) in [6.45, 7) is 1.35. The third-order valence-electron chi connectivity index (χ3n) is 3.48. The SMILES string of the molecule is O=C(NCCc1cc(Cl)c2c(c1)OCCO2)c1c[nH]c(=O)c(Cl)c1. The van der Waals surface area contributed by atoms with E-state index in [0.29, 0.717) is 48.3 Å². The smallest absolute Gasteiger partial charge is 0.266 e. The summed E-state index contributed by atoms with van der Waals surface area (Å²) >= 11 is 11.9. The van der Waals surface area contributed by atoms with E-state index in [1.165, 1.54) is 12.3 Å². The van der Waals surface area contributed by atoms with Gasteiger partial charge in [0, 0.05) is 12.7 Å². The number of carbonyl (C=O) groups is 1. The molecule has 0 saturated carbocycles. The molecule has 0 radical (unpaired) electrons. The number of benzene rings is 1. The number of amides is 1. The van der Waals surface area contributed by atoms with Crippen LogP contribution in [0.25, 0.3) is 0 Å². The van der Waals surface area contributed by atoms with Crippen molar-refractivity contribution in [3.63, 3.8) is 0 Å². The molecule has 1 aromatic carbocycles. The predicted octanol–water partition coefficient (Wildman–Crippen LogP) is 2.43. The summed E-state index contributed by atoms with van der Waals surface area (Å²) in [6, 6.07) is 4.97. The molecule has 1 aliphatic heterocycles. The number of nitrogens with one attached hydrogen (secondary N) is 2. The van der Waals surface area contributed by atoms with Gasteiger partial charge in [-0.25, -0.2) is 0 Å². The molecular weight excluding hydrogens is 355 g/mol. The zero-order valence-corrected chi connectivity index (χ0v) is 14.0. The van der Waals surface area contributed by atoms with Crippen molar-refractivity contribution in [2.75, 3.05) is 19.8 Å². The van der Waals surface area contributed by atoms with Gasteiger partial charge in [0.2, 0.25) is 0 Å². The van der Waals surface area contributed by atoms with Crippen LogP contribution in [0.2, 0.25) is 10.0 Å². The van der Waals surface area contributed by atoms with Gasteiger partial charge in [-0.05, 0) is 30.2 Å². The molecule has 126 valence electrons. The van der Waals surface area contributed by atoms with E-state index in [0.717, 1.165) is 5.56 Å². The van der Waals surface area contributed by atoms with Gasteiger partial charge in [-0.15, -0.1) is 0 Å². The lowest BCUT2D eigenvalue weighted by Gasteiger charge is -2.20. The number of hydrogen-bond acceptors (Lipinski definition) is 4. The first kappa shape index (κ1) is 16.7. The number of fused-ring (bicyclic) bond motifs is 1. The highest BCUT2D eigenvalue weighted by atomic mass is 35.5. The van der Waals surface area contributed by atoms with E-state index in [1.54, 1.807) is 6.07 Å². The maximum atomic E-state index is 12.0. The van der Waals surface area contributed by atoms with Crippen molar-refractivity contribution in [3.8, 4) is 11.5 Å². The molecule has 0 bridgehead atoms. The Balaban J connectivity index is 1.62. The second-order valence-electron chi connectivity index (χ2n) is 5.17. The molecule has 2 heterocycles. The van der Waals surface area contributed by atoms with Gasteiger partial charge in [-0.3, -0.25) is 9.59 Å². The van der Waals surface area contributed by atoms with Gasteiger partial charge in [-0.1, -0.05) is 23.2 Å². The molecule has 0 aliphatic carbocycles. The molecule has 0 saturated heterocycles. The quantitative estimate of drug-likeness (QED) is 0.868. The van der Waals surface area contributed by atoms with Gasteiger partial charge in [0.05, 0.1) is 10.6 Å². The van der Waals surface area contributed by atoms with Gasteiger partial charge >= 0.3 is 0 Å². The van der Waals surface area contributed by atoms with Gasteiger partial charge < -0.3 is 19.8 Å². The first-order chi connectivity index (χ1) is 11.5. The molecule has 1 amide bonds. The highest BCUT2D eigenvalue weighted by molar-refractivity contribution is 6.32. The van der Waals surface area contributed by atoms with Crippen LogP contribution in [0, 0.1) is 0 Å². The second kappa shape index (κ2) is 7.15. The predicted molar refractivity (Wildman–Crippen MR) is 90.6 cm³/mol. The van der Waals surface area contributed by atoms with Crippen LogP contribution in [0.1, 0.15) is 15.9 Å². The van der Waals surface area contributed by atoms with Crippen molar-refractivity contribution in [1.82, 2.24) is 10.3 Å². The Hall–Kier alpha value is -2.18. The Morgan fingerprint density at radius 1 is 1.17 bits per heavy atom. The van der Waals surface area contributed by atoms with Gasteiger partial charge in [0.15, 0.2) is 11.5 Å². The van der Waals surface area contributed by atoms with Crippen LogP contribution in [-0.2, 0) is 6.42 Å². The van der Waals surface area contributed by atoms with Crippen LogP contribution in [0.4, 0.5) is 0 Å². The number of halogens is 2. The molecule has 2 aromatic rings. The maximum Gasteiger partial charge on any atom is 0.266 e. The molecule has 24 heavy (non-hydrogen) atoms. The molecule has 1 aromatic heterocycles. The molecule has 0 fully saturated rings. The van der Waals surface area contributed by atoms with E-state index in [-0.39, 0.29) is 10.9 Å². The number of hydrogen-bond donors (Lipinski definition) is 2. The first-order valence-electron chi connectivity index (χ1n) is 7.29. The molecule has 0 spiro atoms. The molecule has 3 rings (SSSR count). The minimum atomic E-state index is -0.431. The summed E-state index contributed by atoms with van der Waals surface area (Å²) in [6.07, 6.45) is 1.89. The highest BCUT2D eigenvalue weighted by Crippen LogP contribution is 2.38. The Morgan fingerprint density at radius 2 is 1.96 bits per heavy atom. The van der Waals surface area contributed by atoms with Crippen LogP contribution in [0.15, 0.2) is 29.2 Å². The summed E-state index contributed by atoms with van der Waals surface area (Å²) in [5.41, 5.74) is 0.781. The van der Waals surface area contributed by atoms with Crippen LogP contribution in [0.3, 0.4) is 0 Å². The van der Waals surface area contributed by atoms with Crippen molar-refractivity contribution in [3.05, 3.63) is 55.9 Å². The van der Waals surface area contributed by atoms with Crippen LogP contribution in [-0.4, -0.2) is 30.6 Å². The number of pyridine rings is 1. The van der Waals surface area contributed by atoms with E-state index in [4.69, 9.17) is 32.7 Å². The van der Waals surface area contributed by atoms with E-state index in [1.807, 2.05) is 6.07 Å². The lowest BCUT2D eigenvalue weighted by atomic mass is 10.1. The number of ether oxygens (including phenoxy) is 2. The van der Waals surface area contributed by atoms with Crippen molar-refractivity contribution in [1.29, 1.82) is 0 Å². The van der Waals surface area contributed by atoms with Crippen LogP contribution >= 0.6 is 23.2 Å². The third-order valence-corrected chi connectivity index (χ3v) is 4.04. The fraction of sp³-hybridized carbons (Fsp3) is 0.250. The first-order valence-corrected chi connectivity index (χ1v) is 8.04. The lowest BCUT2D eigenvalue weighted by molar-refractivity contribution is 0.0953. The number of carbonyl (C=O) groups excluding carboxylic acids is 1. The molecule has 1 aliphatic rings. The van der Waals surface area contributed by atoms with Gasteiger partial charge in [0.1, 0.15) is 18.2 Å². The molecular formula is C16H14Cl2N2O4. The summed E-state index contributed by atoms with van der Waals surface area (Å²) < 4.78 is 11.0.